The van der Waals surface area contributed by atoms with Crippen LogP contribution in [0.4, 0.5) is 0 Å². The van der Waals surface area contributed by atoms with Crippen molar-refractivity contribution in [1.82, 2.24) is 28.9 Å². The highest BCUT2D eigenvalue weighted by atomic mass is 16.2. The van der Waals surface area contributed by atoms with Gasteiger partial charge in [-0.2, -0.15) is 5.10 Å². The van der Waals surface area contributed by atoms with Crippen molar-refractivity contribution in [2.45, 2.75) is 6.54 Å². The molecule has 33 heavy (non-hydrogen) atoms. The van der Waals surface area contributed by atoms with Gasteiger partial charge in [0.05, 0.1) is 35.3 Å². The molecule has 0 radical (unpaired) electrons. The van der Waals surface area contributed by atoms with E-state index in [0.717, 1.165) is 22.5 Å². The van der Waals surface area contributed by atoms with E-state index >= 15 is 0 Å². The van der Waals surface area contributed by atoms with Crippen LogP contribution in [0.25, 0.3) is 33.7 Å². The van der Waals surface area contributed by atoms with E-state index in [4.69, 9.17) is 0 Å². The van der Waals surface area contributed by atoms with Crippen LogP contribution >= 0.6 is 0 Å². The fourth-order valence-electron chi connectivity index (χ4n) is 3.96. The van der Waals surface area contributed by atoms with Gasteiger partial charge in [-0.15, -0.1) is 0 Å². The number of para-hydroxylation sites is 1. The fraction of sp³-hybridized carbons (Fsp3) is 0.0400. The van der Waals surface area contributed by atoms with Gasteiger partial charge < -0.3 is 4.98 Å². The van der Waals surface area contributed by atoms with Crippen LogP contribution in [0.3, 0.4) is 0 Å². The van der Waals surface area contributed by atoms with Crippen LogP contribution < -0.4 is 11.2 Å². The Hall–Kier alpha value is -4.72. The van der Waals surface area contributed by atoms with Crippen LogP contribution in [0.2, 0.25) is 0 Å². The summed E-state index contributed by atoms with van der Waals surface area (Å²) >= 11 is 0. The zero-order valence-corrected chi connectivity index (χ0v) is 17.4. The first-order chi connectivity index (χ1) is 16.2. The number of aromatic nitrogens is 6. The summed E-state index contributed by atoms with van der Waals surface area (Å²) in [6.45, 7) is 0.160. The lowest BCUT2D eigenvalue weighted by atomic mass is 10.2. The minimum Gasteiger partial charge on any atom is -0.349 e. The van der Waals surface area contributed by atoms with Crippen molar-refractivity contribution in [2.24, 2.45) is 0 Å². The number of H-pyrrole nitrogens is 1. The Bertz CT molecular complexity index is 1670. The van der Waals surface area contributed by atoms with Gasteiger partial charge in [-0.1, -0.05) is 24.3 Å². The van der Waals surface area contributed by atoms with E-state index in [1.807, 2.05) is 60.8 Å². The topological polar surface area (TPSA) is 90.5 Å². The average Bonchev–Trinajstić information content (AvgIpc) is 3.47. The lowest BCUT2D eigenvalue weighted by Crippen LogP contribution is -2.40. The summed E-state index contributed by atoms with van der Waals surface area (Å²) < 4.78 is 4.59. The highest BCUT2D eigenvalue weighted by Crippen LogP contribution is 2.25. The van der Waals surface area contributed by atoms with Crippen molar-refractivity contribution in [2.75, 3.05) is 0 Å². The predicted molar refractivity (Wildman–Crippen MR) is 126 cm³/mol. The second kappa shape index (κ2) is 7.45. The Morgan fingerprint density at radius 1 is 1.00 bits per heavy atom. The third-order valence-electron chi connectivity index (χ3n) is 5.72. The van der Waals surface area contributed by atoms with Crippen LogP contribution in [0, 0.1) is 0 Å². The zero-order chi connectivity index (χ0) is 22.4. The number of hydrogen-bond acceptors (Lipinski definition) is 4. The highest BCUT2D eigenvalue weighted by Gasteiger charge is 2.20. The number of benzene rings is 1. The molecule has 8 nitrogen and oxygen atoms in total. The Kier molecular flexibility index (Phi) is 4.29. The molecule has 0 atom stereocenters. The van der Waals surface area contributed by atoms with Crippen LogP contribution in [-0.4, -0.2) is 28.9 Å². The number of nitrogens with zero attached hydrogens (tertiary/aromatic N) is 5. The molecule has 6 rings (SSSR count). The monoisotopic (exact) mass is 434 g/mol. The van der Waals surface area contributed by atoms with Gasteiger partial charge in [0, 0.05) is 24.2 Å². The SMILES string of the molecule is O=c1c2[nH]c(-c3cnn(-c4ccccc4)c3)cc2n(C2=CC=C2)c(=O)n1Cc1ccncc1. The van der Waals surface area contributed by atoms with E-state index in [2.05, 4.69) is 15.1 Å². The van der Waals surface area contributed by atoms with Gasteiger partial charge in [0.15, 0.2) is 0 Å². The number of rotatable bonds is 5. The Labute approximate surface area is 187 Å². The molecule has 8 heteroatoms. The molecule has 0 saturated carbocycles. The molecule has 1 N–H and O–H groups in total. The number of fused-ring (bicyclic) bond motifs is 1. The van der Waals surface area contributed by atoms with Gasteiger partial charge >= 0.3 is 5.69 Å². The first-order valence-corrected chi connectivity index (χ1v) is 10.5. The molecule has 0 spiro atoms. The van der Waals surface area contributed by atoms with Crippen molar-refractivity contribution < 1.29 is 0 Å². The molecule has 1 aliphatic carbocycles. The quantitative estimate of drug-likeness (QED) is 0.460. The second-order valence-electron chi connectivity index (χ2n) is 7.77. The third kappa shape index (κ3) is 3.16. The standard InChI is InChI=1S/C25H18N6O2/c32-24-23-22(13-21(28-23)18-14-27-30(16-18)19-5-2-1-3-6-19)31(20-7-4-8-20)25(33)29(24)15-17-9-11-26-12-10-17/h1-14,16,28H,15H2. The van der Waals surface area contributed by atoms with Crippen molar-refractivity contribution in [3.05, 3.63) is 118 Å². The first kappa shape index (κ1) is 19.0. The maximum absolute atomic E-state index is 13.4. The average molecular weight is 434 g/mol. The van der Waals surface area contributed by atoms with Gasteiger partial charge in [-0.25, -0.2) is 9.48 Å². The number of hydrogen-bond donors (Lipinski definition) is 1. The van der Waals surface area contributed by atoms with Gasteiger partial charge in [-0.3, -0.25) is 18.9 Å². The summed E-state index contributed by atoms with van der Waals surface area (Å²) in [6, 6.07) is 15.2. The maximum Gasteiger partial charge on any atom is 0.336 e. The van der Waals surface area contributed by atoms with Crippen LogP contribution in [0.1, 0.15) is 5.56 Å². The summed E-state index contributed by atoms with van der Waals surface area (Å²) in [4.78, 5) is 34.0. The summed E-state index contributed by atoms with van der Waals surface area (Å²) in [5.74, 6) is 0. The molecule has 0 fully saturated rings. The minimum atomic E-state index is -0.384. The smallest absolute Gasteiger partial charge is 0.336 e. The van der Waals surface area contributed by atoms with Crippen LogP contribution in [0.5, 0.6) is 0 Å². The van der Waals surface area contributed by atoms with E-state index in [1.54, 1.807) is 40.0 Å². The molecule has 1 aliphatic rings. The highest BCUT2D eigenvalue weighted by molar-refractivity contribution is 5.86. The predicted octanol–water partition coefficient (Wildman–Crippen LogP) is 3.20. The number of aromatic amines is 1. The molecular weight excluding hydrogens is 416 g/mol. The summed E-state index contributed by atoms with van der Waals surface area (Å²) in [5.41, 5.74) is 4.17. The zero-order valence-electron chi connectivity index (χ0n) is 17.4. The molecule has 0 saturated heterocycles. The maximum atomic E-state index is 13.4. The van der Waals surface area contributed by atoms with E-state index in [-0.39, 0.29) is 17.8 Å². The largest absolute Gasteiger partial charge is 0.349 e. The molecule has 0 unspecified atom stereocenters. The molecular formula is C25H18N6O2. The van der Waals surface area contributed by atoms with Crippen LogP contribution in [-0.2, 0) is 6.54 Å². The number of pyridine rings is 1. The molecule has 1 aromatic carbocycles. The van der Waals surface area contributed by atoms with Gasteiger partial charge in [-0.05, 0) is 48.0 Å². The van der Waals surface area contributed by atoms with Crippen molar-refractivity contribution in [3.8, 4) is 16.9 Å². The fourth-order valence-corrected chi connectivity index (χ4v) is 3.96. The van der Waals surface area contributed by atoms with Gasteiger partial charge in [0.25, 0.3) is 5.56 Å². The molecule has 0 bridgehead atoms. The van der Waals surface area contributed by atoms with Gasteiger partial charge in [0.2, 0.25) is 0 Å². The Morgan fingerprint density at radius 2 is 1.79 bits per heavy atom. The molecule has 4 aromatic heterocycles. The first-order valence-electron chi connectivity index (χ1n) is 10.5. The molecule has 160 valence electrons. The van der Waals surface area contributed by atoms with Crippen LogP contribution in [0.15, 0.2) is 101 Å². The minimum absolute atomic E-state index is 0.160. The molecule has 0 aliphatic heterocycles. The lowest BCUT2D eigenvalue weighted by Gasteiger charge is -2.15. The molecule has 5 aromatic rings. The summed E-state index contributed by atoms with van der Waals surface area (Å²) in [7, 11) is 0. The van der Waals surface area contributed by atoms with E-state index in [0.29, 0.717) is 16.7 Å². The van der Waals surface area contributed by atoms with Crippen molar-refractivity contribution >= 4 is 16.7 Å². The van der Waals surface area contributed by atoms with E-state index in [1.165, 1.54) is 4.57 Å². The number of allylic oxidation sites excluding steroid dienone is 4. The van der Waals surface area contributed by atoms with Crippen molar-refractivity contribution in [1.29, 1.82) is 0 Å². The second-order valence-corrected chi connectivity index (χ2v) is 7.77. The summed E-state index contributed by atoms with van der Waals surface area (Å²) in [6.07, 6.45) is 12.5. The van der Waals surface area contributed by atoms with E-state index in [9.17, 15) is 9.59 Å². The summed E-state index contributed by atoms with van der Waals surface area (Å²) in [5, 5.41) is 4.45. The number of nitrogens with one attached hydrogen (secondary N) is 1. The Balaban J connectivity index is 1.52. The van der Waals surface area contributed by atoms with E-state index < -0.39 is 0 Å². The molecule has 4 heterocycles. The third-order valence-corrected chi connectivity index (χ3v) is 5.72. The van der Waals surface area contributed by atoms with Gasteiger partial charge in [0.1, 0.15) is 5.52 Å². The molecule has 0 amide bonds. The Morgan fingerprint density at radius 3 is 2.52 bits per heavy atom. The normalized spacial score (nSPS) is 12.7. The van der Waals surface area contributed by atoms with Crippen molar-refractivity contribution in [3.63, 3.8) is 0 Å². The lowest BCUT2D eigenvalue weighted by molar-refractivity contribution is 0.688.